The van der Waals surface area contributed by atoms with Crippen LogP contribution >= 0.6 is 0 Å². The predicted octanol–water partition coefficient (Wildman–Crippen LogP) is 4.50. The van der Waals surface area contributed by atoms with Crippen molar-refractivity contribution in [3.8, 4) is 11.5 Å². The van der Waals surface area contributed by atoms with Gasteiger partial charge >= 0.3 is 0 Å². The fraction of sp³-hybridized carbons (Fsp3) is 0.400. The van der Waals surface area contributed by atoms with Crippen LogP contribution in [0.4, 0.5) is 0 Å². The minimum absolute atomic E-state index is 0.580. The zero-order chi connectivity index (χ0) is 24.7. The van der Waals surface area contributed by atoms with Crippen LogP contribution in [-0.4, -0.2) is 75.6 Å². The van der Waals surface area contributed by atoms with Crippen LogP contribution in [0.3, 0.4) is 0 Å². The summed E-state index contributed by atoms with van der Waals surface area (Å²) in [5.41, 5.74) is 2.57. The van der Waals surface area contributed by atoms with Crippen molar-refractivity contribution in [2.24, 2.45) is 0 Å². The molecule has 3 aromatic carbocycles. The Kier molecular flexibility index (Phi) is 11.1. The molecule has 0 spiro atoms. The lowest BCUT2D eigenvalue weighted by Crippen LogP contribution is -2.33. The first-order valence-corrected chi connectivity index (χ1v) is 12.9. The van der Waals surface area contributed by atoms with Gasteiger partial charge in [-0.2, -0.15) is 0 Å². The molecular formula is C30H38N2O4. The molecule has 6 heteroatoms. The summed E-state index contributed by atoms with van der Waals surface area (Å²) in [6, 6.07) is 29.0. The second-order valence-electron chi connectivity index (χ2n) is 8.89. The van der Waals surface area contributed by atoms with E-state index in [9.17, 15) is 0 Å². The highest BCUT2D eigenvalue weighted by Crippen LogP contribution is 2.26. The third kappa shape index (κ3) is 9.28. The summed E-state index contributed by atoms with van der Waals surface area (Å²) in [4.78, 5) is 4.73. The predicted molar refractivity (Wildman–Crippen MR) is 143 cm³/mol. The van der Waals surface area contributed by atoms with Crippen LogP contribution < -0.4 is 9.47 Å². The number of ether oxygens (including phenoxy) is 4. The number of hydrogen-bond acceptors (Lipinski definition) is 6. The Hall–Kier alpha value is -2.90. The van der Waals surface area contributed by atoms with E-state index in [1.54, 1.807) is 0 Å². The lowest BCUT2D eigenvalue weighted by Gasteiger charge is -2.24. The van der Waals surface area contributed by atoms with E-state index in [0.29, 0.717) is 39.6 Å². The molecule has 0 bridgehead atoms. The Morgan fingerprint density at radius 3 is 1.28 bits per heavy atom. The normalized spacial score (nSPS) is 17.7. The number of hydrogen-bond donors (Lipinski definition) is 0. The molecule has 0 saturated carbocycles. The molecule has 1 aliphatic heterocycles. The molecule has 1 aliphatic rings. The van der Waals surface area contributed by atoms with E-state index in [0.717, 1.165) is 50.8 Å². The van der Waals surface area contributed by atoms with Crippen molar-refractivity contribution < 1.29 is 18.9 Å². The molecule has 0 N–H and O–H groups in total. The summed E-state index contributed by atoms with van der Waals surface area (Å²) in [5.74, 6) is 1.57. The van der Waals surface area contributed by atoms with Gasteiger partial charge in [0, 0.05) is 39.3 Å². The molecule has 4 rings (SSSR count). The first-order chi connectivity index (χ1) is 17.9. The quantitative estimate of drug-likeness (QED) is 0.537. The Bertz CT molecular complexity index is 906. The largest absolute Gasteiger partial charge is 0.488 e. The van der Waals surface area contributed by atoms with Gasteiger partial charge in [0.05, 0.1) is 26.4 Å². The van der Waals surface area contributed by atoms with Gasteiger partial charge in [-0.15, -0.1) is 0 Å². The van der Waals surface area contributed by atoms with Crippen LogP contribution in [0.25, 0.3) is 0 Å². The minimum Gasteiger partial charge on any atom is -0.488 e. The van der Waals surface area contributed by atoms with E-state index < -0.39 is 0 Å². The molecular weight excluding hydrogens is 452 g/mol. The van der Waals surface area contributed by atoms with Crippen molar-refractivity contribution in [3.05, 3.63) is 96.1 Å². The topological polar surface area (TPSA) is 43.4 Å². The van der Waals surface area contributed by atoms with Crippen molar-refractivity contribution >= 4 is 0 Å². The molecule has 3 aromatic rings. The molecule has 36 heavy (non-hydrogen) atoms. The zero-order valence-electron chi connectivity index (χ0n) is 21.1. The van der Waals surface area contributed by atoms with Crippen LogP contribution in [-0.2, 0) is 22.6 Å². The Morgan fingerprint density at radius 2 is 0.833 bits per heavy atom. The summed E-state index contributed by atoms with van der Waals surface area (Å²) in [6.07, 6.45) is 0. The SMILES string of the molecule is c1ccc(CN2CCOCCOCCN(Cc3ccccc3)CCOc3ccccc3OCC2)cc1. The molecule has 0 radical (unpaired) electrons. The van der Waals surface area contributed by atoms with Crippen LogP contribution in [0.2, 0.25) is 0 Å². The fourth-order valence-corrected chi connectivity index (χ4v) is 4.19. The molecule has 0 saturated heterocycles. The number of para-hydroxylation sites is 2. The summed E-state index contributed by atoms with van der Waals surface area (Å²) in [5, 5.41) is 0. The van der Waals surface area contributed by atoms with Gasteiger partial charge in [-0.1, -0.05) is 72.8 Å². The summed E-state index contributed by atoms with van der Waals surface area (Å²) in [6.45, 7) is 8.68. The molecule has 0 amide bonds. The first-order valence-electron chi connectivity index (χ1n) is 12.9. The van der Waals surface area contributed by atoms with E-state index in [-0.39, 0.29) is 0 Å². The van der Waals surface area contributed by atoms with Crippen molar-refractivity contribution in [2.75, 3.05) is 65.8 Å². The van der Waals surface area contributed by atoms with Gasteiger partial charge in [0.2, 0.25) is 0 Å². The van der Waals surface area contributed by atoms with Gasteiger partial charge in [0.25, 0.3) is 0 Å². The third-order valence-corrected chi connectivity index (χ3v) is 6.15. The standard InChI is InChI=1S/C30H38N2O4/c1-3-9-27(10-4-1)25-31-15-19-33-23-24-34-20-16-32(26-28-11-5-2-6-12-28)18-22-36-30-14-8-7-13-29(30)35-21-17-31/h1-14H,15-26H2. The smallest absolute Gasteiger partial charge is 0.161 e. The second-order valence-corrected chi connectivity index (χ2v) is 8.89. The average molecular weight is 491 g/mol. The van der Waals surface area contributed by atoms with E-state index in [4.69, 9.17) is 18.9 Å². The lowest BCUT2D eigenvalue weighted by atomic mass is 10.2. The second kappa shape index (κ2) is 15.3. The van der Waals surface area contributed by atoms with Gasteiger partial charge in [-0.3, -0.25) is 9.80 Å². The highest BCUT2D eigenvalue weighted by molar-refractivity contribution is 5.39. The monoisotopic (exact) mass is 490 g/mol. The van der Waals surface area contributed by atoms with Crippen molar-refractivity contribution in [1.82, 2.24) is 9.80 Å². The number of nitrogens with zero attached hydrogens (tertiary/aromatic N) is 2. The molecule has 0 fully saturated rings. The third-order valence-electron chi connectivity index (χ3n) is 6.15. The zero-order valence-corrected chi connectivity index (χ0v) is 21.1. The average Bonchev–Trinajstić information content (AvgIpc) is 2.91. The van der Waals surface area contributed by atoms with Gasteiger partial charge < -0.3 is 18.9 Å². The summed E-state index contributed by atoms with van der Waals surface area (Å²) in [7, 11) is 0. The maximum absolute atomic E-state index is 6.18. The van der Waals surface area contributed by atoms with E-state index in [1.165, 1.54) is 11.1 Å². The first kappa shape index (κ1) is 26.2. The molecule has 1 heterocycles. The molecule has 0 aliphatic carbocycles. The van der Waals surface area contributed by atoms with Crippen LogP contribution in [0.15, 0.2) is 84.9 Å². The fourth-order valence-electron chi connectivity index (χ4n) is 4.19. The van der Waals surface area contributed by atoms with E-state index >= 15 is 0 Å². The number of fused-ring (bicyclic) bond motifs is 1. The Labute approximate surface area is 215 Å². The summed E-state index contributed by atoms with van der Waals surface area (Å²) < 4.78 is 24.1. The molecule has 0 unspecified atom stereocenters. The van der Waals surface area contributed by atoms with Crippen molar-refractivity contribution in [2.45, 2.75) is 13.1 Å². The Balaban J connectivity index is 1.38. The molecule has 0 atom stereocenters. The molecule has 0 aromatic heterocycles. The minimum atomic E-state index is 0.580. The highest BCUT2D eigenvalue weighted by Gasteiger charge is 2.11. The van der Waals surface area contributed by atoms with Crippen LogP contribution in [0, 0.1) is 0 Å². The lowest BCUT2D eigenvalue weighted by molar-refractivity contribution is 0.0270. The summed E-state index contributed by atoms with van der Waals surface area (Å²) >= 11 is 0. The maximum atomic E-state index is 6.18. The van der Waals surface area contributed by atoms with E-state index in [2.05, 4.69) is 58.3 Å². The highest BCUT2D eigenvalue weighted by atomic mass is 16.5. The van der Waals surface area contributed by atoms with E-state index in [1.807, 2.05) is 36.4 Å². The van der Waals surface area contributed by atoms with Crippen LogP contribution in [0.5, 0.6) is 11.5 Å². The number of rotatable bonds is 4. The van der Waals surface area contributed by atoms with Crippen molar-refractivity contribution in [3.63, 3.8) is 0 Å². The number of benzene rings is 3. The van der Waals surface area contributed by atoms with Gasteiger partial charge in [-0.25, -0.2) is 0 Å². The van der Waals surface area contributed by atoms with Crippen LogP contribution in [0.1, 0.15) is 11.1 Å². The molecule has 6 nitrogen and oxygen atoms in total. The Morgan fingerprint density at radius 1 is 0.444 bits per heavy atom. The van der Waals surface area contributed by atoms with Gasteiger partial charge in [0.15, 0.2) is 11.5 Å². The maximum Gasteiger partial charge on any atom is 0.161 e. The van der Waals surface area contributed by atoms with Crippen molar-refractivity contribution in [1.29, 1.82) is 0 Å². The van der Waals surface area contributed by atoms with Gasteiger partial charge in [-0.05, 0) is 23.3 Å². The van der Waals surface area contributed by atoms with Gasteiger partial charge in [0.1, 0.15) is 13.2 Å². The molecule has 192 valence electrons.